The van der Waals surface area contributed by atoms with E-state index in [1.807, 2.05) is 0 Å². The van der Waals surface area contributed by atoms with Gasteiger partial charge in [0.15, 0.2) is 5.75 Å². The molecule has 0 atom stereocenters. The van der Waals surface area contributed by atoms with Crippen LogP contribution in [0.15, 0.2) is 47.4 Å². The summed E-state index contributed by atoms with van der Waals surface area (Å²) in [4.78, 5) is 10.5. The van der Waals surface area contributed by atoms with E-state index < -0.39 is 26.5 Å². The highest BCUT2D eigenvalue weighted by molar-refractivity contribution is 7.89. The molecule has 0 N–H and O–H groups in total. The highest BCUT2D eigenvalue weighted by Gasteiger charge is 2.29. The summed E-state index contributed by atoms with van der Waals surface area (Å²) in [6, 6.07) is 8.90. The third kappa shape index (κ3) is 5.19. The lowest BCUT2D eigenvalue weighted by atomic mass is 10.3. The fourth-order valence-electron chi connectivity index (χ4n) is 2.70. The first kappa shape index (κ1) is 21.0. The van der Waals surface area contributed by atoms with E-state index >= 15 is 0 Å². The second-order valence-electron chi connectivity index (χ2n) is 6.05. The number of halogens is 1. The molecule has 156 valence electrons. The molecule has 1 heterocycles. The minimum Gasteiger partial charge on any atom is -0.490 e. The molecule has 2 aromatic rings. The molecule has 0 aliphatic carbocycles. The number of benzene rings is 2. The largest absolute Gasteiger partial charge is 0.490 e. The van der Waals surface area contributed by atoms with Crippen LogP contribution >= 0.6 is 0 Å². The Balaban J connectivity index is 1.67. The van der Waals surface area contributed by atoms with E-state index in [-0.39, 0.29) is 50.2 Å². The maximum Gasteiger partial charge on any atom is 0.312 e. The third-order valence-corrected chi connectivity index (χ3v) is 6.05. The van der Waals surface area contributed by atoms with Crippen LogP contribution in [-0.2, 0) is 14.8 Å². The predicted octanol–water partition coefficient (Wildman–Crippen LogP) is 2.21. The molecule has 2 aromatic carbocycles. The highest BCUT2D eigenvalue weighted by Crippen LogP contribution is 2.31. The van der Waals surface area contributed by atoms with Gasteiger partial charge < -0.3 is 14.2 Å². The molecule has 3 rings (SSSR count). The Labute approximate surface area is 166 Å². The number of sulfonamides is 1. The number of nitro groups is 1. The van der Waals surface area contributed by atoms with E-state index in [4.69, 9.17) is 14.2 Å². The first-order chi connectivity index (χ1) is 13.9. The van der Waals surface area contributed by atoms with E-state index in [2.05, 4.69) is 0 Å². The average Bonchev–Trinajstić information content (AvgIpc) is 2.73. The van der Waals surface area contributed by atoms with Crippen LogP contribution in [-0.4, -0.2) is 57.2 Å². The highest BCUT2D eigenvalue weighted by atomic mass is 32.2. The van der Waals surface area contributed by atoms with Crippen molar-refractivity contribution >= 4 is 15.7 Å². The first-order valence-electron chi connectivity index (χ1n) is 8.75. The molecule has 0 unspecified atom stereocenters. The molecule has 29 heavy (non-hydrogen) atoms. The Kier molecular flexibility index (Phi) is 6.62. The molecule has 0 spiro atoms. The van der Waals surface area contributed by atoms with Gasteiger partial charge in [-0.2, -0.15) is 4.31 Å². The lowest BCUT2D eigenvalue weighted by molar-refractivity contribution is -0.386. The van der Waals surface area contributed by atoms with E-state index in [0.717, 1.165) is 6.07 Å². The van der Waals surface area contributed by atoms with Gasteiger partial charge in [-0.3, -0.25) is 10.1 Å². The quantitative estimate of drug-likeness (QED) is 0.362. The van der Waals surface area contributed by atoms with E-state index in [1.165, 1.54) is 40.7 Å². The lowest BCUT2D eigenvalue weighted by Gasteiger charge is -2.26. The fourth-order valence-corrected chi connectivity index (χ4v) is 4.13. The molecule has 0 bridgehead atoms. The molecular formula is C18H19FN2O7S. The van der Waals surface area contributed by atoms with E-state index in [0.29, 0.717) is 5.75 Å². The Bertz CT molecular complexity index is 961. The SMILES string of the molecule is O=[N+]([O-])c1cc(S(=O)(=O)N2CCOCC2)ccc1OCCOc1ccc(F)cc1. The van der Waals surface area contributed by atoms with Crippen molar-refractivity contribution in [1.82, 2.24) is 4.31 Å². The Hall–Kier alpha value is -2.76. The number of morpholine rings is 1. The number of nitrogens with zero attached hydrogens (tertiary/aromatic N) is 2. The summed E-state index contributed by atoms with van der Waals surface area (Å²) in [5.41, 5.74) is -0.457. The van der Waals surface area contributed by atoms with Gasteiger partial charge in [-0.05, 0) is 36.4 Å². The second-order valence-corrected chi connectivity index (χ2v) is 7.99. The number of hydrogen-bond donors (Lipinski definition) is 0. The minimum atomic E-state index is -3.86. The summed E-state index contributed by atoms with van der Waals surface area (Å²) in [6.07, 6.45) is 0. The zero-order chi connectivity index (χ0) is 20.9. The number of rotatable bonds is 8. The van der Waals surface area contributed by atoms with Gasteiger partial charge in [0.1, 0.15) is 24.8 Å². The molecule has 9 nitrogen and oxygen atoms in total. The van der Waals surface area contributed by atoms with Crippen LogP contribution < -0.4 is 9.47 Å². The van der Waals surface area contributed by atoms with Crippen molar-refractivity contribution in [3.8, 4) is 11.5 Å². The Morgan fingerprint density at radius 3 is 2.38 bits per heavy atom. The van der Waals surface area contributed by atoms with Crippen LogP contribution in [0.3, 0.4) is 0 Å². The first-order valence-corrected chi connectivity index (χ1v) is 10.2. The zero-order valence-electron chi connectivity index (χ0n) is 15.3. The molecule has 1 aliphatic rings. The number of ether oxygens (including phenoxy) is 3. The fraction of sp³-hybridized carbons (Fsp3) is 0.333. The molecule has 0 amide bonds. The molecule has 1 saturated heterocycles. The Morgan fingerprint density at radius 1 is 1.07 bits per heavy atom. The van der Waals surface area contributed by atoms with Crippen LogP contribution in [0.25, 0.3) is 0 Å². The van der Waals surface area contributed by atoms with Gasteiger partial charge in [-0.15, -0.1) is 0 Å². The number of hydrogen-bond acceptors (Lipinski definition) is 7. The molecule has 11 heteroatoms. The second kappa shape index (κ2) is 9.16. The van der Waals surface area contributed by atoms with Gasteiger partial charge in [-0.25, -0.2) is 12.8 Å². The van der Waals surface area contributed by atoms with Crippen molar-refractivity contribution in [2.75, 3.05) is 39.5 Å². The lowest BCUT2D eigenvalue weighted by Crippen LogP contribution is -2.40. The van der Waals surface area contributed by atoms with Crippen LogP contribution in [0.1, 0.15) is 0 Å². The molecule has 0 radical (unpaired) electrons. The standard InChI is InChI=1S/C18H19FN2O7S/c19-14-1-3-15(4-2-14)27-11-12-28-18-6-5-16(13-17(18)21(22)23)29(24,25)20-7-9-26-10-8-20/h1-6,13H,7-12H2. The summed E-state index contributed by atoms with van der Waals surface area (Å²) >= 11 is 0. The van der Waals surface area contributed by atoms with Crippen molar-refractivity contribution < 1.29 is 31.9 Å². The average molecular weight is 426 g/mol. The smallest absolute Gasteiger partial charge is 0.312 e. The Morgan fingerprint density at radius 2 is 1.72 bits per heavy atom. The van der Waals surface area contributed by atoms with Crippen LogP contribution in [0.4, 0.5) is 10.1 Å². The van der Waals surface area contributed by atoms with Crippen LogP contribution in [0.2, 0.25) is 0 Å². The third-order valence-electron chi connectivity index (χ3n) is 4.16. The maximum atomic E-state index is 12.9. The van der Waals surface area contributed by atoms with Gasteiger partial charge in [0, 0.05) is 19.2 Å². The van der Waals surface area contributed by atoms with Crippen molar-refractivity contribution in [3.63, 3.8) is 0 Å². The monoisotopic (exact) mass is 426 g/mol. The van der Waals surface area contributed by atoms with Gasteiger partial charge in [-0.1, -0.05) is 0 Å². The van der Waals surface area contributed by atoms with Crippen molar-refractivity contribution in [3.05, 3.63) is 58.4 Å². The normalized spacial score (nSPS) is 15.1. The number of nitro benzene ring substituents is 1. The summed E-state index contributed by atoms with van der Waals surface area (Å²) < 4.78 is 55.3. The molecule has 0 aromatic heterocycles. The van der Waals surface area contributed by atoms with Gasteiger partial charge in [0.05, 0.1) is 23.0 Å². The van der Waals surface area contributed by atoms with E-state index in [9.17, 15) is 22.9 Å². The van der Waals surface area contributed by atoms with Crippen molar-refractivity contribution in [1.29, 1.82) is 0 Å². The summed E-state index contributed by atoms with van der Waals surface area (Å²) in [7, 11) is -3.86. The van der Waals surface area contributed by atoms with Crippen molar-refractivity contribution in [2.24, 2.45) is 0 Å². The van der Waals surface area contributed by atoms with Crippen LogP contribution in [0.5, 0.6) is 11.5 Å². The molecule has 1 aliphatic heterocycles. The van der Waals surface area contributed by atoms with Gasteiger partial charge in [0.25, 0.3) is 0 Å². The predicted molar refractivity (Wildman–Crippen MR) is 100 cm³/mol. The topological polar surface area (TPSA) is 108 Å². The minimum absolute atomic E-state index is 0.0201. The zero-order valence-corrected chi connectivity index (χ0v) is 16.1. The molecule has 0 saturated carbocycles. The summed E-state index contributed by atoms with van der Waals surface area (Å²) in [5, 5.41) is 11.4. The summed E-state index contributed by atoms with van der Waals surface area (Å²) in [5.74, 6) is -0.0357. The molecule has 1 fully saturated rings. The summed E-state index contributed by atoms with van der Waals surface area (Å²) in [6.45, 7) is 0.974. The van der Waals surface area contributed by atoms with Gasteiger partial charge >= 0.3 is 5.69 Å². The van der Waals surface area contributed by atoms with Crippen molar-refractivity contribution in [2.45, 2.75) is 4.90 Å². The molecular weight excluding hydrogens is 407 g/mol. The van der Waals surface area contributed by atoms with E-state index in [1.54, 1.807) is 0 Å². The maximum absolute atomic E-state index is 12.9. The van der Waals surface area contributed by atoms with Crippen LogP contribution in [0, 0.1) is 15.9 Å². The van der Waals surface area contributed by atoms with Gasteiger partial charge in [0.2, 0.25) is 10.0 Å².